The van der Waals surface area contributed by atoms with Crippen molar-refractivity contribution in [3.63, 3.8) is 0 Å². The summed E-state index contributed by atoms with van der Waals surface area (Å²) in [7, 11) is -0.723. The summed E-state index contributed by atoms with van der Waals surface area (Å²) in [4.78, 5) is 2.96. The van der Waals surface area contributed by atoms with Gasteiger partial charge in [0.1, 0.15) is 0 Å². The first-order valence-corrected chi connectivity index (χ1v) is 8.79. The predicted octanol–water partition coefficient (Wildman–Crippen LogP) is 2.73. The molecule has 1 saturated carbocycles. The maximum atomic E-state index is 10.7. The normalized spacial score (nSPS) is 17.3. The van der Waals surface area contributed by atoms with E-state index in [1.165, 1.54) is 17.7 Å². The second kappa shape index (κ2) is 5.49. The Morgan fingerprint density at radius 1 is 1.14 bits per heavy atom. The maximum absolute atomic E-state index is 10.7. The molecule has 2 aliphatic rings. The van der Waals surface area contributed by atoms with E-state index in [1.807, 2.05) is 30.3 Å². The van der Waals surface area contributed by atoms with Crippen LogP contribution in [0.5, 0.6) is 0 Å². The Bertz CT molecular complexity index is 728. The quantitative estimate of drug-likeness (QED) is 0.699. The van der Waals surface area contributed by atoms with Crippen molar-refractivity contribution < 1.29 is 5.02 Å². The summed E-state index contributed by atoms with van der Waals surface area (Å²) in [5.41, 5.74) is 4.11. The standard InChI is InChI=1S/C17H17BN2OS/c1-22-14-10-8-13(9-11-14)20-18(21)16-5-3-2-4-15(16)17(19-20)12-6-7-12/h2-5,8-12,21H,6-7H2,1H3. The van der Waals surface area contributed by atoms with E-state index < -0.39 is 7.05 Å². The van der Waals surface area contributed by atoms with Gasteiger partial charge in [-0.2, -0.15) is 5.10 Å². The van der Waals surface area contributed by atoms with Crippen molar-refractivity contribution >= 4 is 35.7 Å². The molecule has 22 heavy (non-hydrogen) atoms. The molecular formula is C17H17BN2OS. The molecule has 0 aromatic heterocycles. The van der Waals surface area contributed by atoms with E-state index in [-0.39, 0.29) is 0 Å². The Hall–Kier alpha value is -1.72. The van der Waals surface area contributed by atoms with Gasteiger partial charge in [0.25, 0.3) is 0 Å². The van der Waals surface area contributed by atoms with Crippen LogP contribution >= 0.6 is 11.8 Å². The van der Waals surface area contributed by atoms with Gasteiger partial charge in [-0.15, -0.1) is 11.8 Å². The molecule has 4 rings (SSSR count). The van der Waals surface area contributed by atoms with E-state index in [9.17, 15) is 5.02 Å². The smallest absolute Gasteiger partial charge is 0.427 e. The number of anilines is 1. The molecule has 0 radical (unpaired) electrons. The highest BCUT2D eigenvalue weighted by molar-refractivity contribution is 7.98. The van der Waals surface area contributed by atoms with Crippen LogP contribution in [0.25, 0.3) is 0 Å². The lowest BCUT2D eigenvalue weighted by molar-refractivity contribution is 0.577. The molecule has 0 amide bonds. The second-order valence-electron chi connectivity index (χ2n) is 5.76. The van der Waals surface area contributed by atoms with Gasteiger partial charge in [0.15, 0.2) is 0 Å². The fraction of sp³-hybridized carbons (Fsp3) is 0.235. The van der Waals surface area contributed by atoms with Crippen molar-refractivity contribution in [3.8, 4) is 0 Å². The van der Waals surface area contributed by atoms with Gasteiger partial charge in [0.2, 0.25) is 0 Å². The van der Waals surface area contributed by atoms with Crippen LogP contribution in [0.15, 0.2) is 58.5 Å². The average molecular weight is 308 g/mol. The van der Waals surface area contributed by atoms with Gasteiger partial charge in [-0.3, -0.25) is 4.92 Å². The lowest BCUT2D eigenvalue weighted by Crippen LogP contribution is -2.52. The van der Waals surface area contributed by atoms with Crippen molar-refractivity contribution in [2.24, 2.45) is 11.0 Å². The van der Waals surface area contributed by atoms with Crippen LogP contribution < -0.4 is 10.4 Å². The molecule has 1 heterocycles. The van der Waals surface area contributed by atoms with Crippen molar-refractivity contribution in [2.45, 2.75) is 17.7 Å². The molecule has 3 nitrogen and oxygen atoms in total. The van der Waals surface area contributed by atoms with Crippen LogP contribution in [0.4, 0.5) is 5.69 Å². The van der Waals surface area contributed by atoms with E-state index in [0.29, 0.717) is 5.92 Å². The number of hydrogen-bond donors (Lipinski definition) is 1. The molecule has 0 spiro atoms. The second-order valence-corrected chi connectivity index (χ2v) is 6.64. The Kier molecular flexibility index (Phi) is 3.47. The third-order valence-corrected chi connectivity index (χ3v) is 5.01. The summed E-state index contributed by atoms with van der Waals surface area (Å²) < 4.78 is 0. The summed E-state index contributed by atoms with van der Waals surface area (Å²) in [6.45, 7) is 0. The molecule has 110 valence electrons. The van der Waals surface area contributed by atoms with Gasteiger partial charge in [0, 0.05) is 16.5 Å². The van der Waals surface area contributed by atoms with Gasteiger partial charge in [-0.05, 0) is 54.4 Å². The zero-order valence-electron chi connectivity index (χ0n) is 12.4. The summed E-state index contributed by atoms with van der Waals surface area (Å²) in [5, 5.41) is 15.5. The fourth-order valence-corrected chi connectivity index (χ4v) is 3.31. The summed E-state index contributed by atoms with van der Waals surface area (Å²) >= 11 is 1.71. The number of fused-ring (bicyclic) bond motifs is 1. The van der Waals surface area contributed by atoms with Gasteiger partial charge in [-0.1, -0.05) is 24.3 Å². The van der Waals surface area contributed by atoms with Crippen LogP contribution in [0.1, 0.15) is 18.4 Å². The lowest BCUT2D eigenvalue weighted by atomic mass is 9.68. The summed E-state index contributed by atoms with van der Waals surface area (Å²) in [6, 6.07) is 16.3. The van der Waals surface area contributed by atoms with E-state index >= 15 is 0 Å². The van der Waals surface area contributed by atoms with Crippen LogP contribution in [-0.2, 0) is 0 Å². The molecule has 2 aromatic rings. The highest BCUT2D eigenvalue weighted by Gasteiger charge is 2.38. The lowest BCUT2D eigenvalue weighted by Gasteiger charge is -2.30. The molecule has 0 unspecified atom stereocenters. The first-order valence-electron chi connectivity index (χ1n) is 7.57. The zero-order chi connectivity index (χ0) is 15.1. The number of thioether (sulfide) groups is 1. The summed E-state index contributed by atoms with van der Waals surface area (Å²) in [5.74, 6) is 0.543. The minimum Gasteiger partial charge on any atom is -0.427 e. The van der Waals surface area contributed by atoms with E-state index in [2.05, 4.69) is 24.5 Å². The van der Waals surface area contributed by atoms with Crippen molar-refractivity contribution in [2.75, 3.05) is 11.2 Å². The molecule has 0 saturated heterocycles. The summed E-state index contributed by atoms with van der Waals surface area (Å²) in [6.07, 6.45) is 4.45. The Morgan fingerprint density at radius 2 is 1.86 bits per heavy atom. The minimum atomic E-state index is -0.723. The van der Waals surface area contributed by atoms with Crippen molar-refractivity contribution in [1.82, 2.24) is 0 Å². The minimum absolute atomic E-state index is 0.543. The molecule has 5 heteroatoms. The molecule has 1 fully saturated rings. The molecule has 0 bridgehead atoms. The molecule has 1 aliphatic heterocycles. The van der Waals surface area contributed by atoms with Crippen molar-refractivity contribution in [3.05, 3.63) is 54.1 Å². The molecular weight excluding hydrogens is 291 g/mol. The third-order valence-electron chi connectivity index (χ3n) is 4.26. The molecule has 2 aromatic carbocycles. The fourth-order valence-electron chi connectivity index (χ4n) is 2.90. The van der Waals surface area contributed by atoms with Crippen molar-refractivity contribution in [1.29, 1.82) is 0 Å². The monoisotopic (exact) mass is 308 g/mol. The largest absolute Gasteiger partial charge is 0.471 e. The zero-order valence-corrected chi connectivity index (χ0v) is 13.3. The Morgan fingerprint density at radius 3 is 2.55 bits per heavy atom. The highest BCUT2D eigenvalue weighted by Crippen LogP contribution is 2.35. The van der Waals surface area contributed by atoms with Gasteiger partial charge in [-0.25, -0.2) is 0 Å². The van der Waals surface area contributed by atoms with E-state index in [4.69, 9.17) is 5.10 Å². The molecule has 1 aliphatic carbocycles. The maximum Gasteiger partial charge on any atom is 0.471 e. The van der Waals surface area contributed by atoms with Gasteiger partial charge >= 0.3 is 7.05 Å². The van der Waals surface area contributed by atoms with E-state index in [1.54, 1.807) is 16.7 Å². The molecule has 0 atom stereocenters. The van der Waals surface area contributed by atoms with Crippen LogP contribution in [-0.4, -0.2) is 24.0 Å². The topological polar surface area (TPSA) is 35.8 Å². The number of hydrazone groups is 1. The predicted molar refractivity (Wildman–Crippen MR) is 94.0 cm³/mol. The highest BCUT2D eigenvalue weighted by atomic mass is 32.2. The van der Waals surface area contributed by atoms with Crippen LogP contribution in [0, 0.1) is 5.92 Å². The Balaban J connectivity index is 1.78. The first-order chi connectivity index (χ1) is 10.8. The number of hydrogen-bond acceptors (Lipinski definition) is 4. The van der Waals surface area contributed by atoms with Crippen LogP contribution in [0.2, 0.25) is 0 Å². The van der Waals surface area contributed by atoms with Crippen LogP contribution in [0.3, 0.4) is 0 Å². The third kappa shape index (κ3) is 2.34. The molecule has 1 N–H and O–H groups in total. The number of benzene rings is 2. The van der Waals surface area contributed by atoms with Gasteiger partial charge < -0.3 is 5.02 Å². The first kappa shape index (κ1) is 13.9. The average Bonchev–Trinajstić information content (AvgIpc) is 3.41. The number of nitrogens with zero attached hydrogens (tertiary/aromatic N) is 2. The Labute approximate surface area is 135 Å². The number of rotatable bonds is 3. The van der Waals surface area contributed by atoms with Gasteiger partial charge in [0.05, 0.1) is 5.71 Å². The SMILES string of the molecule is CSc1ccc(N2N=C(C3CC3)c3ccccc3B2O)cc1. The van der Waals surface area contributed by atoms with E-state index in [0.717, 1.165) is 22.4 Å².